The lowest BCUT2D eigenvalue weighted by molar-refractivity contribution is -0.138. The van der Waals surface area contributed by atoms with Crippen LogP contribution in [0.3, 0.4) is 0 Å². The number of hydrogen-bond acceptors (Lipinski definition) is 2. The fourth-order valence-corrected chi connectivity index (χ4v) is 2.28. The molecule has 2 rings (SSSR count). The van der Waals surface area contributed by atoms with Crippen molar-refractivity contribution in [2.45, 2.75) is 19.9 Å². The maximum absolute atomic E-state index is 11.6. The van der Waals surface area contributed by atoms with Crippen LogP contribution < -0.4 is 5.32 Å². The van der Waals surface area contributed by atoms with Crippen molar-refractivity contribution in [1.82, 2.24) is 0 Å². The molecule has 0 aliphatic carbocycles. The minimum atomic E-state index is -0.918. The molecule has 104 valence electrons. The molecule has 0 bridgehead atoms. The minimum Gasteiger partial charge on any atom is -0.479 e. The molecule has 1 unspecified atom stereocenters. The lowest BCUT2D eigenvalue weighted by Gasteiger charge is -2.19. The molecule has 2 aromatic rings. The predicted octanol–water partition coefficient (Wildman–Crippen LogP) is 4.19. The molecule has 0 radical (unpaired) electrons. The molecule has 3 nitrogen and oxygen atoms in total. The zero-order chi connectivity index (χ0) is 14.7. The van der Waals surface area contributed by atoms with Gasteiger partial charge in [-0.05, 0) is 43.2 Å². The quantitative estimate of drug-likeness (QED) is 0.887. The number of aryl methyl sites for hydroxylation is 2. The first-order valence-electron chi connectivity index (χ1n) is 6.29. The van der Waals surface area contributed by atoms with Gasteiger partial charge in [-0.3, -0.25) is 0 Å². The van der Waals surface area contributed by atoms with Crippen LogP contribution in [-0.2, 0) is 4.79 Å². The number of rotatable bonds is 4. The van der Waals surface area contributed by atoms with Crippen molar-refractivity contribution in [3.8, 4) is 0 Å². The van der Waals surface area contributed by atoms with Crippen LogP contribution in [0.25, 0.3) is 0 Å². The first-order valence-corrected chi connectivity index (χ1v) is 6.67. The molecule has 0 amide bonds. The monoisotopic (exact) mass is 289 g/mol. The highest BCUT2D eigenvalue weighted by molar-refractivity contribution is 6.30. The Balaban J connectivity index is 2.37. The van der Waals surface area contributed by atoms with E-state index in [1.807, 2.05) is 32.0 Å². The number of nitrogens with one attached hydrogen (secondary N) is 1. The van der Waals surface area contributed by atoms with Crippen LogP contribution >= 0.6 is 11.6 Å². The molecule has 0 aromatic heterocycles. The van der Waals surface area contributed by atoms with Gasteiger partial charge in [0.05, 0.1) is 0 Å². The Hall–Kier alpha value is -2.00. The SMILES string of the molecule is Cc1ccc(C)c(C(Nc2cccc(Cl)c2)C(=O)O)c1. The highest BCUT2D eigenvalue weighted by Gasteiger charge is 2.21. The molecule has 0 saturated carbocycles. The number of benzene rings is 2. The van der Waals surface area contributed by atoms with Crippen LogP contribution in [0.2, 0.25) is 5.02 Å². The van der Waals surface area contributed by atoms with Gasteiger partial charge in [0.1, 0.15) is 0 Å². The molecular weight excluding hydrogens is 274 g/mol. The Bertz CT molecular complexity index is 640. The summed E-state index contributed by atoms with van der Waals surface area (Å²) in [7, 11) is 0. The summed E-state index contributed by atoms with van der Waals surface area (Å²) in [6.07, 6.45) is 0. The summed E-state index contributed by atoms with van der Waals surface area (Å²) in [6, 6.07) is 12.0. The highest BCUT2D eigenvalue weighted by atomic mass is 35.5. The van der Waals surface area contributed by atoms with Crippen molar-refractivity contribution < 1.29 is 9.90 Å². The fraction of sp³-hybridized carbons (Fsp3) is 0.188. The average Bonchev–Trinajstić information content (AvgIpc) is 2.39. The van der Waals surface area contributed by atoms with E-state index in [0.717, 1.165) is 16.7 Å². The van der Waals surface area contributed by atoms with E-state index in [1.165, 1.54) is 0 Å². The largest absolute Gasteiger partial charge is 0.479 e. The lowest BCUT2D eigenvalue weighted by Crippen LogP contribution is -2.21. The summed E-state index contributed by atoms with van der Waals surface area (Å²) in [5, 5.41) is 13.1. The van der Waals surface area contributed by atoms with Crippen molar-refractivity contribution in [1.29, 1.82) is 0 Å². The van der Waals surface area contributed by atoms with E-state index in [0.29, 0.717) is 10.7 Å². The second-order valence-corrected chi connectivity index (χ2v) is 5.22. The molecule has 4 heteroatoms. The van der Waals surface area contributed by atoms with Crippen LogP contribution in [-0.4, -0.2) is 11.1 Å². The molecule has 20 heavy (non-hydrogen) atoms. The van der Waals surface area contributed by atoms with E-state index in [9.17, 15) is 9.90 Å². The predicted molar refractivity (Wildman–Crippen MR) is 81.4 cm³/mol. The van der Waals surface area contributed by atoms with Gasteiger partial charge in [0.2, 0.25) is 0 Å². The first-order chi connectivity index (χ1) is 9.47. The van der Waals surface area contributed by atoms with E-state index in [2.05, 4.69) is 5.32 Å². The molecule has 0 fully saturated rings. The van der Waals surface area contributed by atoms with E-state index < -0.39 is 12.0 Å². The maximum atomic E-state index is 11.6. The lowest BCUT2D eigenvalue weighted by atomic mass is 9.98. The number of carbonyl (C=O) groups is 1. The van der Waals surface area contributed by atoms with Crippen LogP contribution in [0.1, 0.15) is 22.7 Å². The zero-order valence-corrected chi connectivity index (χ0v) is 12.1. The van der Waals surface area contributed by atoms with Crippen molar-refractivity contribution >= 4 is 23.3 Å². The van der Waals surface area contributed by atoms with Gasteiger partial charge in [0, 0.05) is 10.7 Å². The molecular formula is C16H16ClNO2. The summed E-state index contributed by atoms with van der Waals surface area (Å²) >= 11 is 5.92. The third-order valence-electron chi connectivity index (χ3n) is 3.13. The number of carboxylic acid groups (broad SMARTS) is 1. The van der Waals surface area contributed by atoms with Crippen LogP contribution in [0, 0.1) is 13.8 Å². The first kappa shape index (κ1) is 14.4. The number of aliphatic carboxylic acids is 1. The summed E-state index contributed by atoms with van der Waals surface area (Å²) in [4.78, 5) is 11.6. The third-order valence-corrected chi connectivity index (χ3v) is 3.36. The maximum Gasteiger partial charge on any atom is 0.330 e. The Labute approximate surface area is 123 Å². The average molecular weight is 290 g/mol. The van der Waals surface area contributed by atoms with Gasteiger partial charge in [0.15, 0.2) is 6.04 Å². The van der Waals surface area contributed by atoms with Gasteiger partial charge in [0.25, 0.3) is 0 Å². The van der Waals surface area contributed by atoms with Crippen molar-refractivity contribution in [2.75, 3.05) is 5.32 Å². The molecule has 0 aliphatic heterocycles. The van der Waals surface area contributed by atoms with Gasteiger partial charge >= 0.3 is 5.97 Å². The smallest absolute Gasteiger partial charge is 0.330 e. The Morgan fingerprint density at radius 3 is 2.60 bits per heavy atom. The molecule has 2 aromatic carbocycles. The van der Waals surface area contributed by atoms with Crippen molar-refractivity contribution in [3.05, 3.63) is 64.2 Å². The highest BCUT2D eigenvalue weighted by Crippen LogP contribution is 2.25. The van der Waals surface area contributed by atoms with E-state index in [1.54, 1.807) is 24.3 Å². The van der Waals surface area contributed by atoms with Crippen molar-refractivity contribution in [2.24, 2.45) is 0 Å². The number of hydrogen-bond donors (Lipinski definition) is 2. The molecule has 0 aliphatic rings. The standard InChI is InChI=1S/C16H16ClNO2/c1-10-6-7-11(2)14(8-10)15(16(19)20)18-13-5-3-4-12(17)9-13/h3-9,15,18H,1-2H3,(H,19,20). The number of anilines is 1. The Morgan fingerprint density at radius 2 is 1.95 bits per heavy atom. The van der Waals surface area contributed by atoms with Gasteiger partial charge in [-0.2, -0.15) is 0 Å². The summed E-state index contributed by atoms with van der Waals surface area (Å²) in [5.74, 6) is -0.918. The second-order valence-electron chi connectivity index (χ2n) is 4.79. The second kappa shape index (κ2) is 5.97. The fourth-order valence-electron chi connectivity index (χ4n) is 2.09. The van der Waals surface area contributed by atoms with Crippen LogP contribution in [0.4, 0.5) is 5.69 Å². The number of carboxylic acids is 1. The molecule has 2 N–H and O–H groups in total. The Morgan fingerprint density at radius 1 is 1.20 bits per heavy atom. The van der Waals surface area contributed by atoms with Gasteiger partial charge in [-0.15, -0.1) is 0 Å². The van der Waals surface area contributed by atoms with Gasteiger partial charge in [-0.1, -0.05) is 41.4 Å². The molecule has 1 atom stereocenters. The minimum absolute atomic E-state index is 0.570. The van der Waals surface area contributed by atoms with Crippen LogP contribution in [0.5, 0.6) is 0 Å². The third kappa shape index (κ3) is 3.31. The van der Waals surface area contributed by atoms with E-state index in [4.69, 9.17) is 11.6 Å². The van der Waals surface area contributed by atoms with E-state index in [-0.39, 0.29) is 0 Å². The molecule has 0 heterocycles. The topological polar surface area (TPSA) is 49.3 Å². The van der Waals surface area contributed by atoms with Gasteiger partial charge < -0.3 is 10.4 Å². The molecule has 0 saturated heterocycles. The normalized spacial score (nSPS) is 11.9. The summed E-state index contributed by atoms with van der Waals surface area (Å²) in [5.41, 5.74) is 3.42. The van der Waals surface area contributed by atoms with Gasteiger partial charge in [-0.25, -0.2) is 4.79 Å². The van der Waals surface area contributed by atoms with E-state index >= 15 is 0 Å². The summed E-state index contributed by atoms with van der Waals surface area (Å²) < 4.78 is 0. The molecule has 0 spiro atoms. The number of halogens is 1. The Kier molecular flexibility index (Phi) is 4.30. The van der Waals surface area contributed by atoms with Crippen LogP contribution in [0.15, 0.2) is 42.5 Å². The summed E-state index contributed by atoms with van der Waals surface area (Å²) in [6.45, 7) is 3.85. The van der Waals surface area contributed by atoms with Crippen molar-refractivity contribution in [3.63, 3.8) is 0 Å². The zero-order valence-electron chi connectivity index (χ0n) is 11.4.